The van der Waals surface area contributed by atoms with Crippen LogP contribution in [0.25, 0.3) is 11.1 Å². The molecular weight excluding hydrogens is 258 g/mol. The van der Waals surface area contributed by atoms with Gasteiger partial charge in [0.15, 0.2) is 0 Å². The Morgan fingerprint density at radius 1 is 1.10 bits per heavy atom. The fraction of sp³-hybridized carbons (Fsp3) is 0.389. The Labute approximate surface area is 127 Å². The van der Waals surface area contributed by atoms with Crippen LogP contribution < -0.4 is 11.5 Å². The molecule has 1 heterocycles. The van der Waals surface area contributed by atoms with Crippen LogP contribution in [0, 0.1) is 18.9 Å². The van der Waals surface area contributed by atoms with Crippen molar-refractivity contribution in [3.63, 3.8) is 0 Å². The highest BCUT2D eigenvalue weighted by molar-refractivity contribution is 5.68. The third-order valence-electron chi connectivity index (χ3n) is 3.54. The zero-order valence-electron chi connectivity index (χ0n) is 13.1. The van der Waals surface area contributed by atoms with Crippen LogP contribution in [0.2, 0.25) is 0 Å². The Morgan fingerprint density at radius 3 is 2.29 bits per heavy atom. The zero-order valence-corrected chi connectivity index (χ0v) is 13.1. The van der Waals surface area contributed by atoms with Gasteiger partial charge >= 0.3 is 0 Å². The van der Waals surface area contributed by atoms with Crippen molar-refractivity contribution in [1.29, 1.82) is 0 Å². The summed E-state index contributed by atoms with van der Waals surface area (Å²) in [6.45, 7) is 7.43. The van der Waals surface area contributed by atoms with E-state index in [9.17, 15) is 0 Å². The number of benzene rings is 1. The fourth-order valence-corrected chi connectivity index (χ4v) is 2.53. The lowest BCUT2D eigenvalue weighted by Crippen LogP contribution is -2.10. The molecule has 1 aromatic carbocycles. The van der Waals surface area contributed by atoms with Gasteiger partial charge in [0.2, 0.25) is 0 Å². The normalized spacial score (nSPS) is 11.1. The fourth-order valence-electron chi connectivity index (χ4n) is 2.53. The third kappa shape index (κ3) is 3.69. The van der Waals surface area contributed by atoms with Crippen LogP contribution in [-0.4, -0.2) is 4.98 Å². The first-order chi connectivity index (χ1) is 10.0. The van der Waals surface area contributed by atoms with Crippen molar-refractivity contribution in [2.45, 2.75) is 40.3 Å². The molecule has 1 aromatic heterocycles. The summed E-state index contributed by atoms with van der Waals surface area (Å²) in [6, 6.07) is 11.7. The number of aromatic nitrogens is 1. The lowest BCUT2D eigenvalue weighted by Gasteiger charge is -2.15. The number of nitrogens with two attached hydrogens (primary N) is 2. The number of hydrogen-bond acceptors (Lipinski definition) is 3. The SMILES string of the molecule is Cc1[c]c(-c2ccc(CN)cc2)c(CN)c(CC(C)C)n1. The molecule has 0 unspecified atom stereocenters. The summed E-state index contributed by atoms with van der Waals surface area (Å²) >= 11 is 0. The molecule has 0 saturated carbocycles. The molecule has 0 spiro atoms. The largest absolute Gasteiger partial charge is 0.326 e. The van der Waals surface area contributed by atoms with Gasteiger partial charge in [-0.05, 0) is 41.5 Å². The summed E-state index contributed by atoms with van der Waals surface area (Å²) in [5, 5.41) is 0. The lowest BCUT2D eigenvalue weighted by atomic mass is 9.94. The molecule has 0 atom stereocenters. The first-order valence-electron chi connectivity index (χ1n) is 7.46. The summed E-state index contributed by atoms with van der Waals surface area (Å²) < 4.78 is 0. The molecule has 4 N–H and O–H groups in total. The van der Waals surface area contributed by atoms with Crippen LogP contribution >= 0.6 is 0 Å². The Kier molecular flexibility index (Phi) is 5.10. The average molecular weight is 282 g/mol. The highest BCUT2D eigenvalue weighted by Gasteiger charge is 2.13. The molecule has 0 saturated heterocycles. The van der Waals surface area contributed by atoms with E-state index in [1.165, 1.54) is 0 Å². The maximum Gasteiger partial charge on any atom is 0.0461 e. The predicted molar refractivity (Wildman–Crippen MR) is 87.6 cm³/mol. The topological polar surface area (TPSA) is 64.9 Å². The molecular formula is C18H24N3. The third-order valence-corrected chi connectivity index (χ3v) is 3.54. The number of rotatable bonds is 5. The summed E-state index contributed by atoms with van der Waals surface area (Å²) in [6.07, 6.45) is 0.940. The average Bonchev–Trinajstić information content (AvgIpc) is 2.46. The quantitative estimate of drug-likeness (QED) is 0.886. The Balaban J connectivity index is 2.52. The zero-order chi connectivity index (χ0) is 15.4. The number of hydrogen-bond donors (Lipinski definition) is 2. The monoisotopic (exact) mass is 282 g/mol. The molecule has 3 nitrogen and oxygen atoms in total. The molecule has 0 aliphatic rings. The highest BCUT2D eigenvalue weighted by atomic mass is 14.7. The predicted octanol–water partition coefficient (Wildman–Crippen LogP) is 2.97. The van der Waals surface area contributed by atoms with Gasteiger partial charge in [0.1, 0.15) is 0 Å². The van der Waals surface area contributed by atoms with Crippen molar-refractivity contribution in [2.75, 3.05) is 0 Å². The van der Waals surface area contributed by atoms with Gasteiger partial charge in [0.05, 0.1) is 0 Å². The van der Waals surface area contributed by atoms with E-state index in [2.05, 4.69) is 49.2 Å². The molecule has 2 rings (SSSR count). The van der Waals surface area contributed by atoms with Gasteiger partial charge < -0.3 is 11.5 Å². The standard InChI is InChI=1S/C18H24N3/c1-12(2)8-18-17(11-20)16(9-13(3)21-18)15-6-4-14(10-19)5-7-15/h4-7,12H,8,10-11,19-20H2,1-3H3. The maximum atomic E-state index is 5.99. The Morgan fingerprint density at radius 2 is 1.76 bits per heavy atom. The molecule has 1 radical (unpaired) electrons. The van der Waals surface area contributed by atoms with Crippen LogP contribution in [0.15, 0.2) is 24.3 Å². The van der Waals surface area contributed by atoms with E-state index in [1.54, 1.807) is 0 Å². The molecule has 0 amide bonds. The van der Waals surface area contributed by atoms with Crippen LogP contribution in [0.3, 0.4) is 0 Å². The molecule has 0 aliphatic heterocycles. The summed E-state index contributed by atoms with van der Waals surface area (Å²) in [4.78, 5) is 4.65. The van der Waals surface area contributed by atoms with Gasteiger partial charge in [-0.3, -0.25) is 4.98 Å². The van der Waals surface area contributed by atoms with Gasteiger partial charge in [-0.1, -0.05) is 38.1 Å². The van der Waals surface area contributed by atoms with E-state index < -0.39 is 0 Å². The molecule has 3 heteroatoms. The van der Waals surface area contributed by atoms with Gasteiger partial charge in [0.25, 0.3) is 0 Å². The summed E-state index contributed by atoms with van der Waals surface area (Å²) in [7, 11) is 0. The lowest BCUT2D eigenvalue weighted by molar-refractivity contribution is 0.628. The van der Waals surface area contributed by atoms with Crippen LogP contribution in [-0.2, 0) is 19.5 Å². The van der Waals surface area contributed by atoms with Crippen molar-refractivity contribution in [3.8, 4) is 11.1 Å². The molecule has 21 heavy (non-hydrogen) atoms. The summed E-state index contributed by atoms with van der Waals surface area (Å²) in [5.41, 5.74) is 18.1. The maximum absolute atomic E-state index is 5.99. The second-order valence-electron chi connectivity index (χ2n) is 5.83. The van der Waals surface area contributed by atoms with Crippen molar-refractivity contribution >= 4 is 0 Å². The molecule has 0 aliphatic carbocycles. The number of nitrogens with zero attached hydrogens (tertiary/aromatic N) is 1. The minimum atomic E-state index is 0.486. The highest BCUT2D eigenvalue weighted by Crippen LogP contribution is 2.27. The molecule has 0 fully saturated rings. The Hall–Kier alpha value is -1.71. The van der Waals surface area contributed by atoms with Crippen LogP contribution in [0.4, 0.5) is 0 Å². The Bertz CT molecular complexity index is 601. The number of pyridine rings is 1. The van der Waals surface area contributed by atoms with Crippen LogP contribution in [0.5, 0.6) is 0 Å². The van der Waals surface area contributed by atoms with Gasteiger partial charge in [-0.2, -0.15) is 0 Å². The second kappa shape index (κ2) is 6.83. The van der Waals surface area contributed by atoms with E-state index in [0.29, 0.717) is 19.0 Å². The van der Waals surface area contributed by atoms with E-state index in [0.717, 1.165) is 40.1 Å². The van der Waals surface area contributed by atoms with Crippen molar-refractivity contribution in [1.82, 2.24) is 4.98 Å². The van der Waals surface area contributed by atoms with E-state index >= 15 is 0 Å². The van der Waals surface area contributed by atoms with Crippen molar-refractivity contribution < 1.29 is 0 Å². The first kappa shape index (κ1) is 15.7. The van der Waals surface area contributed by atoms with Gasteiger partial charge in [-0.25, -0.2) is 0 Å². The molecule has 2 aromatic rings. The van der Waals surface area contributed by atoms with Gasteiger partial charge in [0, 0.05) is 30.5 Å². The smallest absolute Gasteiger partial charge is 0.0461 e. The van der Waals surface area contributed by atoms with Crippen LogP contribution in [0.1, 0.15) is 36.4 Å². The van der Waals surface area contributed by atoms with E-state index in [4.69, 9.17) is 11.5 Å². The second-order valence-corrected chi connectivity index (χ2v) is 5.83. The van der Waals surface area contributed by atoms with Gasteiger partial charge in [-0.15, -0.1) is 0 Å². The molecule has 111 valence electrons. The van der Waals surface area contributed by atoms with Crippen molar-refractivity contribution in [2.24, 2.45) is 17.4 Å². The van der Waals surface area contributed by atoms with E-state index in [-0.39, 0.29) is 0 Å². The summed E-state index contributed by atoms with van der Waals surface area (Å²) in [5.74, 6) is 0.553. The number of aryl methyl sites for hydroxylation is 1. The molecule has 0 bridgehead atoms. The minimum Gasteiger partial charge on any atom is -0.326 e. The first-order valence-corrected chi connectivity index (χ1v) is 7.46. The minimum absolute atomic E-state index is 0.486. The van der Waals surface area contributed by atoms with Crippen molar-refractivity contribution in [3.05, 3.63) is 52.8 Å². The van der Waals surface area contributed by atoms with E-state index in [1.807, 2.05) is 6.92 Å².